The molecule has 1 aliphatic heterocycles. The Kier molecular flexibility index (Phi) is 5.98. The van der Waals surface area contributed by atoms with Gasteiger partial charge < -0.3 is 14.8 Å². The van der Waals surface area contributed by atoms with Crippen molar-refractivity contribution in [3.8, 4) is 0 Å². The zero-order valence-corrected chi connectivity index (χ0v) is 16.2. The Morgan fingerprint density at radius 2 is 1.55 bits per heavy atom. The monoisotopic (exact) mass is 388 g/mol. The average Bonchev–Trinajstić information content (AvgIpc) is 2.77. The highest BCUT2D eigenvalue weighted by atomic mass is 16.7. The Balaban J connectivity index is 1.64. The number of benzene rings is 2. The summed E-state index contributed by atoms with van der Waals surface area (Å²) < 4.78 is 11.9. The van der Waals surface area contributed by atoms with Crippen LogP contribution in [0.1, 0.15) is 21.6 Å². The van der Waals surface area contributed by atoms with Gasteiger partial charge in [-0.3, -0.25) is 9.78 Å². The van der Waals surface area contributed by atoms with Gasteiger partial charge in [-0.05, 0) is 23.3 Å². The van der Waals surface area contributed by atoms with Crippen molar-refractivity contribution in [2.45, 2.75) is 24.5 Å². The minimum Gasteiger partial charge on any atom is -0.353 e. The van der Waals surface area contributed by atoms with Crippen LogP contribution in [0.4, 0.5) is 0 Å². The van der Waals surface area contributed by atoms with Crippen LogP contribution in [0.5, 0.6) is 0 Å². The Morgan fingerprint density at radius 3 is 2.14 bits per heavy atom. The molecule has 4 rings (SSSR count). The summed E-state index contributed by atoms with van der Waals surface area (Å²) in [5, 5.41) is 3.12. The third kappa shape index (κ3) is 4.70. The maximum absolute atomic E-state index is 12.8. The van der Waals surface area contributed by atoms with E-state index in [4.69, 9.17) is 9.47 Å². The highest BCUT2D eigenvalue weighted by Crippen LogP contribution is 2.30. The zero-order valence-electron chi connectivity index (χ0n) is 16.2. The van der Waals surface area contributed by atoms with E-state index in [2.05, 4.69) is 34.6 Å². The largest absolute Gasteiger partial charge is 0.353 e. The van der Waals surface area contributed by atoms with Gasteiger partial charge in [0.25, 0.3) is 5.91 Å². The van der Waals surface area contributed by atoms with Crippen molar-refractivity contribution in [1.29, 1.82) is 0 Å². The van der Waals surface area contributed by atoms with Crippen molar-refractivity contribution in [2.75, 3.05) is 13.4 Å². The van der Waals surface area contributed by atoms with Gasteiger partial charge in [0.2, 0.25) is 0 Å². The van der Waals surface area contributed by atoms with Crippen LogP contribution in [0.15, 0.2) is 85.1 Å². The van der Waals surface area contributed by atoms with Gasteiger partial charge in [0.15, 0.2) is 0 Å². The molecule has 0 spiro atoms. The first-order valence-electron chi connectivity index (χ1n) is 9.77. The van der Waals surface area contributed by atoms with Gasteiger partial charge in [0.05, 0.1) is 12.6 Å². The summed E-state index contributed by atoms with van der Waals surface area (Å²) in [6.07, 6.45) is 2.95. The topological polar surface area (TPSA) is 60.5 Å². The number of amides is 1. The van der Waals surface area contributed by atoms with E-state index in [-0.39, 0.29) is 18.7 Å². The summed E-state index contributed by atoms with van der Waals surface area (Å²) in [5.41, 5.74) is 2.07. The molecule has 1 aliphatic rings. The normalized spacial score (nSPS) is 18.1. The predicted octanol–water partition coefficient (Wildman–Crippen LogP) is 3.41. The van der Waals surface area contributed by atoms with Crippen LogP contribution in [-0.4, -0.2) is 35.9 Å². The quantitative estimate of drug-likeness (QED) is 0.703. The molecule has 0 radical (unpaired) electrons. The molecular formula is C24H24N2O3. The summed E-state index contributed by atoms with van der Waals surface area (Å²) in [4.78, 5) is 17.0. The highest BCUT2D eigenvalue weighted by molar-refractivity contribution is 5.92. The van der Waals surface area contributed by atoms with Gasteiger partial charge >= 0.3 is 0 Å². The second kappa shape index (κ2) is 8.99. The third-order valence-corrected chi connectivity index (χ3v) is 5.24. The number of hydrogen-bond acceptors (Lipinski definition) is 4. The van der Waals surface area contributed by atoms with E-state index in [0.29, 0.717) is 25.1 Å². The van der Waals surface area contributed by atoms with Crippen LogP contribution >= 0.6 is 0 Å². The Bertz CT molecular complexity index is 875. The molecule has 148 valence electrons. The maximum atomic E-state index is 12.8. The molecular weight excluding hydrogens is 364 g/mol. The summed E-state index contributed by atoms with van der Waals surface area (Å²) in [5.74, 6) is -0.227. The molecule has 1 amide bonds. The molecule has 1 fully saturated rings. The Labute approximate surface area is 170 Å². The molecule has 3 aromatic rings. The van der Waals surface area contributed by atoms with Crippen molar-refractivity contribution in [1.82, 2.24) is 10.3 Å². The molecule has 29 heavy (non-hydrogen) atoms. The third-order valence-electron chi connectivity index (χ3n) is 5.24. The van der Waals surface area contributed by atoms with Crippen LogP contribution in [0.2, 0.25) is 0 Å². The number of carbonyl (C=O) groups excluding carboxylic acids is 1. The minimum absolute atomic E-state index is 0.204. The average molecular weight is 388 g/mol. The van der Waals surface area contributed by atoms with Gasteiger partial charge in [-0.15, -0.1) is 0 Å². The lowest BCUT2D eigenvalue weighted by molar-refractivity contribution is -0.207. The van der Waals surface area contributed by atoms with E-state index in [0.717, 1.165) is 11.1 Å². The summed E-state index contributed by atoms with van der Waals surface area (Å²) in [6, 6.07) is 25.4. The predicted molar refractivity (Wildman–Crippen MR) is 110 cm³/mol. The number of carbonyl (C=O) groups is 1. The van der Waals surface area contributed by atoms with Crippen molar-refractivity contribution in [2.24, 2.45) is 0 Å². The highest BCUT2D eigenvalue weighted by Gasteiger charge is 2.44. The number of hydrogen-bond donors (Lipinski definition) is 1. The number of ether oxygens (including phenoxy) is 2. The Morgan fingerprint density at radius 1 is 0.931 bits per heavy atom. The second-order valence-corrected chi connectivity index (χ2v) is 7.26. The Hall–Kier alpha value is -3.02. The molecule has 2 heterocycles. The number of nitrogens with one attached hydrogen (secondary N) is 1. The first-order chi connectivity index (χ1) is 14.3. The first kappa shape index (κ1) is 19.3. The molecule has 0 unspecified atom stereocenters. The zero-order chi connectivity index (χ0) is 19.9. The van der Waals surface area contributed by atoms with Crippen molar-refractivity contribution >= 4 is 5.91 Å². The molecule has 1 aromatic heterocycles. The fraction of sp³-hybridized carbons (Fsp3) is 0.250. The van der Waals surface area contributed by atoms with Gasteiger partial charge in [0, 0.05) is 19.0 Å². The van der Waals surface area contributed by atoms with Crippen LogP contribution < -0.4 is 5.32 Å². The van der Waals surface area contributed by atoms with Gasteiger partial charge in [0.1, 0.15) is 18.1 Å². The molecule has 1 saturated heterocycles. The van der Waals surface area contributed by atoms with E-state index in [9.17, 15) is 4.79 Å². The van der Waals surface area contributed by atoms with E-state index < -0.39 is 5.60 Å². The molecule has 5 nitrogen and oxygen atoms in total. The van der Waals surface area contributed by atoms with Crippen LogP contribution in [0, 0.1) is 0 Å². The maximum Gasteiger partial charge on any atom is 0.270 e. The molecule has 1 atom stereocenters. The van der Waals surface area contributed by atoms with E-state index in [1.54, 1.807) is 24.4 Å². The number of pyridine rings is 1. The molecule has 0 aliphatic carbocycles. The van der Waals surface area contributed by atoms with E-state index in [1.165, 1.54) is 0 Å². The van der Waals surface area contributed by atoms with Crippen molar-refractivity contribution in [3.05, 3.63) is 102 Å². The smallest absolute Gasteiger partial charge is 0.270 e. The lowest BCUT2D eigenvalue weighted by atomic mass is 9.81. The molecule has 0 saturated carbocycles. The lowest BCUT2D eigenvalue weighted by Crippen LogP contribution is -2.61. The van der Waals surface area contributed by atoms with Crippen LogP contribution in [0.25, 0.3) is 0 Å². The first-order valence-corrected chi connectivity index (χ1v) is 9.77. The van der Waals surface area contributed by atoms with Crippen LogP contribution in [-0.2, 0) is 22.3 Å². The SMILES string of the molecule is O=C(N[C@H]1COCOC1(Cc1ccccc1)Cc1ccccc1)c1ccccn1. The summed E-state index contributed by atoms with van der Waals surface area (Å²) in [6.45, 7) is 0.591. The van der Waals surface area contributed by atoms with Gasteiger partial charge in [-0.2, -0.15) is 0 Å². The minimum atomic E-state index is -0.620. The molecule has 1 N–H and O–H groups in total. The fourth-order valence-corrected chi connectivity index (χ4v) is 3.77. The van der Waals surface area contributed by atoms with Crippen LogP contribution in [0.3, 0.4) is 0 Å². The fourth-order valence-electron chi connectivity index (χ4n) is 3.77. The van der Waals surface area contributed by atoms with Crippen molar-refractivity contribution < 1.29 is 14.3 Å². The molecule has 2 aromatic carbocycles. The van der Waals surface area contributed by atoms with Gasteiger partial charge in [-0.25, -0.2) is 0 Å². The standard InChI is InChI=1S/C24H24N2O3/c27-23(21-13-7-8-14-25-21)26-22-17-28-18-29-24(22,15-19-9-3-1-4-10-19)16-20-11-5-2-6-12-20/h1-14,22H,15-18H2,(H,26,27)/t22-/m0/s1. The summed E-state index contributed by atoms with van der Waals surface area (Å²) >= 11 is 0. The number of aromatic nitrogens is 1. The van der Waals surface area contributed by atoms with E-state index in [1.807, 2.05) is 36.4 Å². The number of nitrogens with zero attached hydrogens (tertiary/aromatic N) is 1. The number of rotatable bonds is 6. The van der Waals surface area contributed by atoms with Gasteiger partial charge in [-0.1, -0.05) is 66.7 Å². The molecule has 5 heteroatoms. The van der Waals surface area contributed by atoms with E-state index >= 15 is 0 Å². The second-order valence-electron chi connectivity index (χ2n) is 7.26. The van der Waals surface area contributed by atoms with Crippen molar-refractivity contribution in [3.63, 3.8) is 0 Å². The molecule has 0 bridgehead atoms. The summed E-state index contributed by atoms with van der Waals surface area (Å²) in [7, 11) is 0. The lowest BCUT2D eigenvalue weighted by Gasteiger charge is -2.44.